The van der Waals surface area contributed by atoms with Crippen LogP contribution in [0, 0.1) is 0 Å². The summed E-state index contributed by atoms with van der Waals surface area (Å²) in [6, 6.07) is 0. The van der Waals surface area contributed by atoms with E-state index in [1.807, 2.05) is 14.1 Å². The summed E-state index contributed by atoms with van der Waals surface area (Å²) in [7, 11) is 3.80. The first-order chi connectivity index (χ1) is 12.5. The van der Waals surface area contributed by atoms with Crippen LogP contribution in [0.15, 0.2) is 0 Å². The maximum Gasteiger partial charge on any atom is 0.345 e. The average molecular weight is 371 g/mol. The molecule has 0 aromatic rings. The molecular formula is C23H48NO2+. The van der Waals surface area contributed by atoms with Gasteiger partial charge in [-0.05, 0) is 19.3 Å². The Morgan fingerprint density at radius 1 is 0.692 bits per heavy atom. The molecule has 0 radical (unpaired) electrons. The third-order valence-electron chi connectivity index (χ3n) is 5.24. The van der Waals surface area contributed by atoms with Crippen LogP contribution in [0.1, 0.15) is 124 Å². The van der Waals surface area contributed by atoms with E-state index in [1.54, 1.807) is 0 Å². The Labute approximate surface area is 164 Å². The number of carbonyl (C=O) groups excluding carboxylic acids is 1. The van der Waals surface area contributed by atoms with Gasteiger partial charge < -0.3 is 0 Å². The maximum absolute atomic E-state index is 12.3. The molecule has 156 valence electrons. The Bertz CT molecular complexity index is 328. The van der Waals surface area contributed by atoms with Crippen molar-refractivity contribution >= 4 is 5.91 Å². The molecule has 0 heterocycles. The number of hydroxylamine groups is 3. The van der Waals surface area contributed by atoms with Gasteiger partial charge in [0.25, 0.3) is 0 Å². The van der Waals surface area contributed by atoms with E-state index in [0.717, 1.165) is 19.3 Å². The van der Waals surface area contributed by atoms with Gasteiger partial charge in [-0.25, -0.2) is 4.79 Å². The summed E-state index contributed by atoms with van der Waals surface area (Å²) in [4.78, 5) is 18.5. The zero-order valence-electron chi connectivity index (χ0n) is 18.7. The zero-order chi connectivity index (χ0) is 19.7. The minimum absolute atomic E-state index is 0.0833. The van der Waals surface area contributed by atoms with E-state index in [0.29, 0.717) is 6.42 Å². The quantitative estimate of drug-likeness (QED) is 0.145. The number of rotatable bonds is 18. The first-order valence-electron chi connectivity index (χ1n) is 11.5. The van der Waals surface area contributed by atoms with Crippen molar-refractivity contribution in [3.8, 4) is 0 Å². The standard InChI is InChI=1S/C23H48NO2/c1-6-9-11-12-13-14-15-16-17-18-21-22(20-10-7-2)26-24(4,5)23(25)19-8-3/h22H,6-21H2,1-5H3/q+1. The van der Waals surface area contributed by atoms with Gasteiger partial charge in [-0.2, -0.15) is 4.84 Å². The van der Waals surface area contributed by atoms with Crippen LogP contribution in [0.5, 0.6) is 0 Å². The highest BCUT2D eigenvalue weighted by Gasteiger charge is 2.31. The predicted molar refractivity (Wildman–Crippen MR) is 113 cm³/mol. The summed E-state index contributed by atoms with van der Waals surface area (Å²) in [6.45, 7) is 6.55. The van der Waals surface area contributed by atoms with Crippen molar-refractivity contribution in [3.05, 3.63) is 0 Å². The van der Waals surface area contributed by atoms with Crippen molar-refractivity contribution in [2.75, 3.05) is 14.1 Å². The summed E-state index contributed by atoms with van der Waals surface area (Å²) in [5.74, 6) is 0.192. The SMILES string of the molecule is CCCCCCCCCCCCC(CCCC)O[N+](C)(C)C(=O)CCC. The molecule has 0 saturated carbocycles. The lowest BCUT2D eigenvalue weighted by molar-refractivity contribution is -1.02. The van der Waals surface area contributed by atoms with Gasteiger partial charge in [0.05, 0.1) is 6.42 Å². The molecule has 0 N–H and O–H groups in total. The highest BCUT2D eigenvalue weighted by molar-refractivity contribution is 5.67. The Kier molecular flexibility index (Phi) is 16.5. The van der Waals surface area contributed by atoms with Crippen LogP contribution in [0.3, 0.4) is 0 Å². The van der Waals surface area contributed by atoms with Gasteiger partial charge >= 0.3 is 5.91 Å². The summed E-state index contributed by atoms with van der Waals surface area (Å²) in [5.41, 5.74) is 0. The van der Waals surface area contributed by atoms with E-state index in [-0.39, 0.29) is 16.7 Å². The number of carbonyl (C=O) groups is 1. The fourth-order valence-electron chi connectivity index (χ4n) is 3.46. The second-order valence-electron chi connectivity index (χ2n) is 8.33. The number of hydrogen-bond acceptors (Lipinski definition) is 2. The van der Waals surface area contributed by atoms with Crippen molar-refractivity contribution in [1.29, 1.82) is 0 Å². The minimum Gasteiger partial charge on any atom is -0.228 e. The second kappa shape index (κ2) is 16.7. The van der Waals surface area contributed by atoms with E-state index in [9.17, 15) is 4.79 Å². The molecule has 26 heavy (non-hydrogen) atoms. The molecule has 0 aliphatic rings. The van der Waals surface area contributed by atoms with E-state index in [2.05, 4.69) is 20.8 Å². The van der Waals surface area contributed by atoms with Crippen molar-refractivity contribution in [2.45, 2.75) is 130 Å². The van der Waals surface area contributed by atoms with Crippen LogP contribution in [0.2, 0.25) is 0 Å². The normalized spacial score (nSPS) is 13.1. The molecule has 0 aromatic carbocycles. The Balaban J connectivity index is 3.98. The van der Waals surface area contributed by atoms with E-state index >= 15 is 0 Å². The molecule has 3 heteroatoms. The number of amides is 1. The van der Waals surface area contributed by atoms with Crippen LogP contribution in [0.25, 0.3) is 0 Å². The zero-order valence-corrected chi connectivity index (χ0v) is 18.7. The second-order valence-corrected chi connectivity index (χ2v) is 8.33. The van der Waals surface area contributed by atoms with Crippen LogP contribution in [-0.2, 0) is 9.63 Å². The molecule has 0 saturated heterocycles. The molecule has 0 aliphatic heterocycles. The monoisotopic (exact) mass is 370 g/mol. The molecule has 3 nitrogen and oxygen atoms in total. The summed E-state index contributed by atoms with van der Waals surface area (Å²) in [5, 5.41) is 0. The number of nitrogens with zero attached hydrogens (tertiary/aromatic N) is 1. The van der Waals surface area contributed by atoms with Crippen molar-refractivity contribution in [2.24, 2.45) is 0 Å². The number of hydrogen-bond donors (Lipinski definition) is 0. The summed E-state index contributed by atoms with van der Waals surface area (Å²) < 4.78 is 0.0833. The lowest BCUT2D eigenvalue weighted by Crippen LogP contribution is -2.48. The van der Waals surface area contributed by atoms with E-state index in [1.165, 1.54) is 77.0 Å². The largest absolute Gasteiger partial charge is 0.345 e. The maximum atomic E-state index is 12.3. The molecule has 0 fully saturated rings. The minimum atomic E-state index is 0.0833. The van der Waals surface area contributed by atoms with Gasteiger partial charge in [0.15, 0.2) is 0 Å². The topological polar surface area (TPSA) is 26.3 Å². The predicted octanol–water partition coefficient (Wildman–Crippen LogP) is 7.19. The van der Waals surface area contributed by atoms with Gasteiger partial charge in [-0.15, -0.1) is 4.65 Å². The molecule has 0 aliphatic carbocycles. The van der Waals surface area contributed by atoms with Crippen molar-refractivity contribution < 1.29 is 14.3 Å². The fraction of sp³-hybridized carbons (Fsp3) is 0.957. The fourth-order valence-corrected chi connectivity index (χ4v) is 3.46. The van der Waals surface area contributed by atoms with Gasteiger partial charge in [-0.3, -0.25) is 0 Å². The smallest absolute Gasteiger partial charge is 0.228 e. The summed E-state index contributed by atoms with van der Waals surface area (Å²) >= 11 is 0. The number of unbranched alkanes of at least 4 members (excludes halogenated alkanes) is 10. The van der Waals surface area contributed by atoms with E-state index in [4.69, 9.17) is 4.84 Å². The third-order valence-corrected chi connectivity index (χ3v) is 5.24. The molecule has 0 aromatic heterocycles. The lowest BCUT2D eigenvalue weighted by Gasteiger charge is -2.29. The highest BCUT2D eigenvalue weighted by Crippen LogP contribution is 2.19. The van der Waals surface area contributed by atoms with Crippen molar-refractivity contribution in [3.63, 3.8) is 0 Å². The molecule has 0 bridgehead atoms. The van der Waals surface area contributed by atoms with Crippen LogP contribution in [0.4, 0.5) is 0 Å². The molecular weight excluding hydrogens is 322 g/mol. The van der Waals surface area contributed by atoms with E-state index < -0.39 is 0 Å². The number of quaternary nitrogens is 1. The van der Waals surface area contributed by atoms with Gasteiger partial charge in [0.1, 0.15) is 20.2 Å². The van der Waals surface area contributed by atoms with Crippen molar-refractivity contribution in [1.82, 2.24) is 0 Å². The lowest BCUT2D eigenvalue weighted by atomic mass is 10.0. The van der Waals surface area contributed by atoms with Crippen LogP contribution < -0.4 is 0 Å². The van der Waals surface area contributed by atoms with Gasteiger partial charge in [0.2, 0.25) is 0 Å². The molecule has 1 unspecified atom stereocenters. The van der Waals surface area contributed by atoms with Gasteiger partial charge in [0, 0.05) is 0 Å². The Hall–Kier alpha value is -0.410. The van der Waals surface area contributed by atoms with Gasteiger partial charge in [-0.1, -0.05) is 97.8 Å². The Morgan fingerprint density at radius 3 is 1.65 bits per heavy atom. The molecule has 0 spiro atoms. The molecule has 1 amide bonds. The highest BCUT2D eigenvalue weighted by atomic mass is 16.7. The molecule has 0 rings (SSSR count). The first kappa shape index (κ1) is 25.6. The van der Waals surface area contributed by atoms with Crippen LogP contribution >= 0.6 is 0 Å². The third kappa shape index (κ3) is 13.7. The average Bonchev–Trinajstić information content (AvgIpc) is 2.61. The van der Waals surface area contributed by atoms with Crippen LogP contribution in [-0.4, -0.2) is 30.8 Å². The Morgan fingerprint density at radius 2 is 1.15 bits per heavy atom. The summed E-state index contributed by atoms with van der Waals surface area (Å²) in [6.07, 6.45) is 19.9. The molecule has 1 atom stereocenters. The first-order valence-corrected chi connectivity index (χ1v) is 11.5.